The molecule has 0 aromatic heterocycles. The van der Waals surface area contributed by atoms with Gasteiger partial charge in [-0.2, -0.15) is 4.31 Å². The van der Waals surface area contributed by atoms with E-state index in [2.05, 4.69) is 47.2 Å². The van der Waals surface area contributed by atoms with Crippen LogP contribution in [-0.4, -0.2) is 31.2 Å². The van der Waals surface area contributed by atoms with Crippen LogP contribution in [0.5, 0.6) is 0 Å². The van der Waals surface area contributed by atoms with Crippen LogP contribution in [0.15, 0.2) is 45.8 Å². The van der Waals surface area contributed by atoms with Gasteiger partial charge in [0, 0.05) is 10.5 Å². The van der Waals surface area contributed by atoms with Gasteiger partial charge in [-0.15, -0.1) is 0 Å². The monoisotopic (exact) mass is 520 g/mol. The molecule has 1 amide bonds. The number of nitrogens with zero attached hydrogens (tertiary/aromatic N) is 1. The first-order chi connectivity index (χ1) is 15.1. The van der Waals surface area contributed by atoms with Crippen LogP contribution in [0.1, 0.15) is 67.3 Å². The number of amides is 1. The molecule has 1 unspecified atom stereocenters. The van der Waals surface area contributed by atoms with E-state index in [9.17, 15) is 13.2 Å². The summed E-state index contributed by atoms with van der Waals surface area (Å²) in [5.41, 5.74) is 4.57. The second kappa shape index (κ2) is 10.5. The Morgan fingerprint density at radius 3 is 2.25 bits per heavy atom. The second-order valence-corrected chi connectivity index (χ2v) is 11.7. The molecule has 1 aliphatic carbocycles. The molecule has 0 heterocycles. The summed E-state index contributed by atoms with van der Waals surface area (Å²) in [7, 11) is -3.78. The van der Waals surface area contributed by atoms with Crippen molar-refractivity contribution in [3.63, 3.8) is 0 Å². The van der Waals surface area contributed by atoms with Gasteiger partial charge in [0.05, 0.1) is 17.5 Å². The average Bonchev–Trinajstić information content (AvgIpc) is 2.75. The smallest absolute Gasteiger partial charge is 0.243 e. The number of benzene rings is 2. The molecule has 0 spiro atoms. The lowest BCUT2D eigenvalue weighted by atomic mass is 9.95. The average molecular weight is 522 g/mol. The first-order valence-electron chi connectivity index (χ1n) is 11.2. The van der Waals surface area contributed by atoms with Crippen molar-refractivity contribution in [3.05, 3.63) is 63.1 Å². The van der Waals surface area contributed by atoms with Crippen LogP contribution >= 0.6 is 15.9 Å². The maximum Gasteiger partial charge on any atom is 0.243 e. The molecule has 0 bridgehead atoms. The summed E-state index contributed by atoms with van der Waals surface area (Å²) in [5.74, 6) is -0.276. The number of hydrogen-bond acceptors (Lipinski definition) is 3. The minimum absolute atomic E-state index is 0.151. The predicted molar refractivity (Wildman–Crippen MR) is 132 cm³/mol. The van der Waals surface area contributed by atoms with Gasteiger partial charge in [-0.25, -0.2) is 8.42 Å². The number of nitrogens with one attached hydrogen (secondary N) is 1. The SMILES string of the molecule is Cc1cc(C)c(C(C)NC(=O)CN(C2CCCCC2)S(=O)(=O)c2ccc(Br)cc2)cc1C. The molecule has 1 fully saturated rings. The highest BCUT2D eigenvalue weighted by Gasteiger charge is 2.34. The third-order valence-electron chi connectivity index (χ3n) is 6.43. The van der Waals surface area contributed by atoms with Gasteiger partial charge in [0.25, 0.3) is 0 Å². The number of carbonyl (C=O) groups excluding carboxylic acids is 1. The van der Waals surface area contributed by atoms with Gasteiger partial charge in [-0.05, 0) is 87.1 Å². The molecule has 1 aliphatic rings. The standard InChI is InChI=1S/C25H33BrN2O3S/c1-17-14-19(3)24(15-18(17)2)20(4)27-25(29)16-28(22-8-6-5-7-9-22)32(30,31)23-12-10-21(26)11-13-23/h10-15,20,22H,5-9,16H2,1-4H3,(H,27,29). The minimum atomic E-state index is -3.78. The van der Waals surface area contributed by atoms with Gasteiger partial charge in [0.1, 0.15) is 0 Å². The summed E-state index contributed by atoms with van der Waals surface area (Å²) in [6.07, 6.45) is 4.65. The number of carbonyl (C=O) groups is 1. The number of halogens is 1. The van der Waals surface area contributed by atoms with Gasteiger partial charge in [-0.3, -0.25) is 4.79 Å². The van der Waals surface area contributed by atoms with E-state index in [4.69, 9.17) is 0 Å². The van der Waals surface area contributed by atoms with Gasteiger partial charge >= 0.3 is 0 Å². The molecule has 2 aromatic carbocycles. The number of rotatable bonds is 7. The number of sulfonamides is 1. The van der Waals surface area contributed by atoms with Crippen molar-refractivity contribution in [2.45, 2.75) is 76.8 Å². The minimum Gasteiger partial charge on any atom is -0.348 e. The summed E-state index contributed by atoms with van der Waals surface area (Å²) in [4.78, 5) is 13.3. The summed E-state index contributed by atoms with van der Waals surface area (Å²) in [5, 5.41) is 3.03. The number of aryl methyl sites for hydroxylation is 3. The fourth-order valence-electron chi connectivity index (χ4n) is 4.48. The van der Waals surface area contributed by atoms with Crippen LogP contribution in [0.25, 0.3) is 0 Å². The normalized spacial score (nSPS) is 16.2. The first kappa shape index (κ1) is 24.9. The highest BCUT2D eigenvalue weighted by molar-refractivity contribution is 9.10. The lowest BCUT2D eigenvalue weighted by Crippen LogP contribution is -2.47. The van der Waals surface area contributed by atoms with Crippen molar-refractivity contribution < 1.29 is 13.2 Å². The van der Waals surface area contributed by atoms with Crippen LogP contribution in [0, 0.1) is 20.8 Å². The Kier molecular flexibility index (Phi) is 8.17. The Balaban J connectivity index is 1.82. The summed E-state index contributed by atoms with van der Waals surface area (Å²) in [6, 6.07) is 10.5. The van der Waals surface area contributed by atoms with E-state index in [1.807, 2.05) is 13.8 Å². The Labute approximate surface area is 200 Å². The lowest BCUT2D eigenvalue weighted by Gasteiger charge is -2.33. The van der Waals surface area contributed by atoms with Crippen molar-refractivity contribution in [1.29, 1.82) is 0 Å². The fraction of sp³-hybridized carbons (Fsp3) is 0.480. The molecule has 174 valence electrons. The maximum atomic E-state index is 13.5. The molecule has 1 saturated carbocycles. The fourth-order valence-corrected chi connectivity index (χ4v) is 6.38. The molecule has 5 nitrogen and oxygen atoms in total. The van der Waals surface area contributed by atoms with Gasteiger partial charge in [0.15, 0.2) is 0 Å². The Hall–Kier alpha value is -1.70. The van der Waals surface area contributed by atoms with E-state index in [1.165, 1.54) is 15.4 Å². The van der Waals surface area contributed by atoms with Crippen LogP contribution in [0.4, 0.5) is 0 Å². The second-order valence-electron chi connectivity index (χ2n) is 8.88. The summed E-state index contributed by atoms with van der Waals surface area (Å²) < 4.78 is 29.2. The van der Waals surface area contributed by atoms with Crippen LogP contribution < -0.4 is 5.32 Å². The molecule has 1 atom stereocenters. The van der Waals surface area contributed by atoms with E-state index >= 15 is 0 Å². The van der Waals surface area contributed by atoms with Gasteiger partial charge in [-0.1, -0.05) is 47.3 Å². The third kappa shape index (κ3) is 5.80. The quantitative estimate of drug-likeness (QED) is 0.518. The first-order valence-corrected chi connectivity index (χ1v) is 13.5. The zero-order valence-corrected chi connectivity index (χ0v) is 21.7. The van der Waals surface area contributed by atoms with Gasteiger partial charge in [0.2, 0.25) is 15.9 Å². The molecule has 1 N–H and O–H groups in total. The molecular weight excluding hydrogens is 488 g/mol. The van der Waals surface area contributed by atoms with E-state index in [1.54, 1.807) is 24.3 Å². The van der Waals surface area contributed by atoms with Crippen molar-refractivity contribution in [2.75, 3.05) is 6.54 Å². The lowest BCUT2D eigenvalue weighted by molar-refractivity contribution is -0.122. The Morgan fingerprint density at radius 1 is 1.03 bits per heavy atom. The van der Waals surface area contributed by atoms with Crippen molar-refractivity contribution in [1.82, 2.24) is 9.62 Å². The number of hydrogen-bond donors (Lipinski definition) is 1. The zero-order valence-electron chi connectivity index (χ0n) is 19.3. The van der Waals surface area contributed by atoms with Crippen molar-refractivity contribution in [2.24, 2.45) is 0 Å². The molecule has 0 saturated heterocycles. The van der Waals surface area contributed by atoms with Crippen LogP contribution in [-0.2, 0) is 14.8 Å². The molecule has 2 aromatic rings. The van der Waals surface area contributed by atoms with E-state index in [-0.39, 0.29) is 29.4 Å². The molecule has 3 rings (SSSR count). The maximum absolute atomic E-state index is 13.5. The molecule has 0 aliphatic heterocycles. The molecule has 7 heteroatoms. The molecular formula is C25H33BrN2O3S. The van der Waals surface area contributed by atoms with Crippen LogP contribution in [0.2, 0.25) is 0 Å². The molecule has 0 radical (unpaired) electrons. The topological polar surface area (TPSA) is 66.5 Å². The summed E-state index contributed by atoms with van der Waals surface area (Å²) in [6.45, 7) is 7.95. The highest BCUT2D eigenvalue weighted by atomic mass is 79.9. The van der Waals surface area contributed by atoms with E-state index < -0.39 is 10.0 Å². The van der Waals surface area contributed by atoms with Gasteiger partial charge < -0.3 is 5.32 Å². The summed E-state index contributed by atoms with van der Waals surface area (Å²) >= 11 is 3.36. The highest BCUT2D eigenvalue weighted by Crippen LogP contribution is 2.29. The van der Waals surface area contributed by atoms with Crippen molar-refractivity contribution in [3.8, 4) is 0 Å². The molecule has 32 heavy (non-hydrogen) atoms. The third-order valence-corrected chi connectivity index (χ3v) is 8.87. The Bertz CT molecular complexity index is 1060. The largest absolute Gasteiger partial charge is 0.348 e. The van der Waals surface area contributed by atoms with E-state index in [0.29, 0.717) is 0 Å². The van der Waals surface area contributed by atoms with E-state index in [0.717, 1.165) is 47.7 Å². The van der Waals surface area contributed by atoms with Crippen molar-refractivity contribution >= 4 is 31.9 Å². The Morgan fingerprint density at radius 2 is 1.62 bits per heavy atom. The van der Waals surface area contributed by atoms with Crippen LogP contribution in [0.3, 0.4) is 0 Å². The zero-order chi connectivity index (χ0) is 23.5. The predicted octanol–water partition coefficient (Wildman–Crippen LogP) is 5.58.